The summed E-state index contributed by atoms with van der Waals surface area (Å²) in [6, 6.07) is 23.0. The Morgan fingerprint density at radius 3 is 2.00 bits per heavy atom. The smallest absolute Gasteiger partial charge is 0.256 e. The van der Waals surface area contributed by atoms with E-state index in [4.69, 9.17) is 4.43 Å². The van der Waals surface area contributed by atoms with E-state index in [2.05, 4.69) is 67.6 Å². The van der Waals surface area contributed by atoms with Crippen LogP contribution in [0.15, 0.2) is 60.7 Å². The van der Waals surface area contributed by atoms with E-state index in [-0.39, 0.29) is 0 Å². The van der Waals surface area contributed by atoms with Crippen molar-refractivity contribution in [2.45, 2.75) is 38.3 Å². The second-order valence-corrected chi connectivity index (χ2v) is 9.14. The molecule has 1 aliphatic heterocycles. The Kier molecular flexibility index (Phi) is 4.04. The number of benzene rings is 2. The summed E-state index contributed by atoms with van der Waals surface area (Å²) in [5.41, 5.74) is 0. The minimum absolute atomic E-state index is 0.427. The standard InChI is InChI=1S/C18H22OSi/c1-2-16-10-9-15-20(19-16,17-11-5-3-6-12-17)18-13-7-4-8-14-18/h3-8,11-14,16H,2,9-10,15H2,1H3. The summed E-state index contributed by atoms with van der Waals surface area (Å²) in [5.74, 6) is 0. The van der Waals surface area contributed by atoms with Crippen molar-refractivity contribution < 1.29 is 4.43 Å². The van der Waals surface area contributed by atoms with Crippen molar-refractivity contribution in [3.63, 3.8) is 0 Å². The van der Waals surface area contributed by atoms with E-state index in [9.17, 15) is 0 Å². The van der Waals surface area contributed by atoms with Crippen LogP contribution in [0.5, 0.6) is 0 Å². The average Bonchev–Trinajstić information content (AvgIpc) is 2.56. The van der Waals surface area contributed by atoms with Crippen LogP contribution in [0.2, 0.25) is 6.04 Å². The molecule has 1 heterocycles. The molecule has 1 saturated heterocycles. The second-order valence-electron chi connectivity index (χ2n) is 5.60. The minimum atomic E-state index is -2.02. The van der Waals surface area contributed by atoms with Gasteiger partial charge < -0.3 is 4.43 Å². The van der Waals surface area contributed by atoms with Gasteiger partial charge in [-0.2, -0.15) is 0 Å². The maximum atomic E-state index is 6.73. The van der Waals surface area contributed by atoms with Crippen LogP contribution in [0.1, 0.15) is 26.2 Å². The predicted molar refractivity (Wildman–Crippen MR) is 87.1 cm³/mol. The summed E-state index contributed by atoms with van der Waals surface area (Å²) in [5, 5.41) is 2.84. The molecule has 0 spiro atoms. The Labute approximate surface area is 122 Å². The van der Waals surface area contributed by atoms with E-state index in [1.165, 1.54) is 29.3 Å². The van der Waals surface area contributed by atoms with Crippen molar-refractivity contribution in [2.75, 3.05) is 0 Å². The van der Waals surface area contributed by atoms with Crippen LogP contribution in [0.3, 0.4) is 0 Å². The van der Waals surface area contributed by atoms with Crippen molar-refractivity contribution in [1.29, 1.82) is 0 Å². The highest BCUT2D eigenvalue weighted by Crippen LogP contribution is 2.27. The minimum Gasteiger partial charge on any atom is -0.405 e. The van der Waals surface area contributed by atoms with Crippen molar-refractivity contribution >= 4 is 18.7 Å². The van der Waals surface area contributed by atoms with Gasteiger partial charge in [0.2, 0.25) is 0 Å². The normalized spacial score (nSPS) is 21.6. The molecule has 2 aromatic carbocycles. The second kappa shape index (κ2) is 5.94. The molecule has 20 heavy (non-hydrogen) atoms. The van der Waals surface area contributed by atoms with Gasteiger partial charge in [0.25, 0.3) is 8.32 Å². The highest BCUT2D eigenvalue weighted by atomic mass is 28.4. The van der Waals surface area contributed by atoms with Gasteiger partial charge in [-0.3, -0.25) is 0 Å². The SMILES string of the molecule is CCC1CCC[Si](c2ccccc2)(c2ccccc2)O1. The average molecular weight is 282 g/mol. The Hall–Kier alpha value is -1.38. The molecule has 0 saturated carbocycles. The zero-order valence-corrected chi connectivity index (χ0v) is 13.1. The van der Waals surface area contributed by atoms with Crippen LogP contribution >= 0.6 is 0 Å². The predicted octanol–water partition coefficient (Wildman–Crippen LogP) is 3.34. The first-order valence-electron chi connectivity index (χ1n) is 7.64. The third-order valence-electron chi connectivity index (χ3n) is 4.36. The molecule has 2 heteroatoms. The molecule has 1 atom stereocenters. The van der Waals surface area contributed by atoms with E-state index in [1.54, 1.807) is 0 Å². The summed E-state index contributed by atoms with van der Waals surface area (Å²) in [4.78, 5) is 0. The van der Waals surface area contributed by atoms with Gasteiger partial charge >= 0.3 is 0 Å². The molecule has 0 radical (unpaired) electrons. The number of hydrogen-bond donors (Lipinski definition) is 0. The molecule has 2 aromatic rings. The molecule has 0 amide bonds. The number of hydrogen-bond acceptors (Lipinski definition) is 1. The van der Waals surface area contributed by atoms with Crippen molar-refractivity contribution in [1.82, 2.24) is 0 Å². The summed E-state index contributed by atoms with van der Waals surface area (Å²) in [6.45, 7) is 2.24. The van der Waals surface area contributed by atoms with Crippen LogP contribution in [-0.4, -0.2) is 14.4 Å². The zero-order valence-electron chi connectivity index (χ0n) is 12.1. The Bertz CT molecular complexity index is 498. The van der Waals surface area contributed by atoms with E-state index in [1.807, 2.05) is 0 Å². The first-order chi connectivity index (χ1) is 9.85. The van der Waals surface area contributed by atoms with E-state index in [0.717, 1.165) is 6.42 Å². The fourth-order valence-electron chi connectivity index (χ4n) is 3.27. The van der Waals surface area contributed by atoms with Gasteiger partial charge in [0.1, 0.15) is 0 Å². The lowest BCUT2D eigenvalue weighted by Crippen LogP contribution is -2.63. The zero-order chi connectivity index (χ0) is 13.8. The summed E-state index contributed by atoms with van der Waals surface area (Å²) in [7, 11) is -2.02. The summed E-state index contributed by atoms with van der Waals surface area (Å²) >= 11 is 0. The molecule has 0 aromatic heterocycles. The van der Waals surface area contributed by atoms with Gasteiger partial charge in [-0.05, 0) is 29.3 Å². The van der Waals surface area contributed by atoms with Gasteiger partial charge in [-0.1, -0.05) is 74.0 Å². The summed E-state index contributed by atoms with van der Waals surface area (Å²) in [6.07, 6.45) is 4.05. The molecule has 1 nitrogen and oxygen atoms in total. The first-order valence-corrected chi connectivity index (χ1v) is 9.75. The molecular weight excluding hydrogens is 260 g/mol. The van der Waals surface area contributed by atoms with Gasteiger partial charge in [-0.15, -0.1) is 0 Å². The van der Waals surface area contributed by atoms with Crippen molar-refractivity contribution in [2.24, 2.45) is 0 Å². The van der Waals surface area contributed by atoms with Crippen LogP contribution in [-0.2, 0) is 4.43 Å². The summed E-state index contributed by atoms with van der Waals surface area (Å²) < 4.78 is 6.73. The monoisotopic (exact) mass is 282 g/mol. The fraction of sp³-hybridized carbons (Fsp3) is 0.333. The van der Waals surface area contributed by atoms with E-state index in [0.29, 0.717) is 6.10 Å². The molecule has 0 bridgehead atoms. The lowest BCUT2D eigenvalue weighted by Gasteiger charge is -2.40. The highest BCUT2D eigenvalue weighted by molar-refractivity contribution is 6.97. The Morgan fingerprint density at radius 1 is 0.950 bits per heavy atom. The molecule has 1 unspecified atom stereocenters. The lowest BCUT2D eigenvalue weighted by molar-refractivity contribution is 0.163. The quantitative estimate of drug-likeness (QED) is 0.785. The van der Waals surface area contributed by atoms with Crippen molar-refractivity contribution in [3.8, 4) is 0 Å². The van der Waals surface area contributed by atoms with E-state index >= 15 is 0 Å². The third kappa shape index (κ3) is 2.46. The van der Waals surface area contributed by atoms with Crippen LogP contribution in [0.4, 0.5) is 0 Å². The van der Waals surface area contributed by atoms with Gasteiger partial charge in [0.05, 0.1) is 0 Å². The molecule has 0 N–H and O–H groups in total. The molecule has 0 aliphatic carbocycles. The molecular formula is C18H22OSi. The largest absolute Gasteiger partial charge is 0.405 e. The maximum absolute atomic E-state index is 6.73. The van der Waals surface area contributed by atoms with Crippen LogP contribution < -0.4 is 10.4 Å². The fourth-order valence-corrected chi connectivity index (χ4v) is 7.59. The Balaban J connectivity index is 2.08. The highest BCUT2D eigenvalue weighted by Gasteiger charge is 2.43. The molecule has 104 valence electrons. The van der Waals surface area contributed by atoms with Crippen LogP contribution in [0, 0.1) is 0 Å². The van der Waals surface area contributed by atoms with Crippen molar-refractivity contribution in [3.05, 3.63) is 60.7 Å². The van der Waals surface area contributed by atoms with Crippen LogP contribution in [0.25, 0.3) is 0 Å². The molecule has 1 fully saturated rings. The number of rotatable bonds is 3. The van der Waals surface area contributed by atoms with Gasteiger partial charge in [-0.25, -0.2) is 0 Å². The molecule has 3 rings (SSSR count). The topological polar surface area (TPSA) is 9.23 Å². The maximum Gasteiger partial charge on any atom is 0.256 e. The Morgan fingerprint density at radius 2 is 1.50 bits per heavy atom. The van der Waals surface area contributed by atoms with Gasteiger partial charge in [0.15, 0.2) is 0 Å². The third-order valence-corrected chi connectivity index (χ3v) is 8.68. The van der Waals surface area contributed by atoms with E-state index < -0.39 is 8.32 Å². The lowest BCUT2D eigenvalue weighted by atomic mass is 10.2. The molecule has 1 aliphatic rings. The first kappa shape index (κ1) is 13.6. The van der Waals surface area contributed by atoms with Gasteiger partial charge in [0, 0.05) is 6.10 Å².